The molecular weight excluding hydrogens is 166 g/mol. The standard InChI is InChI=1S/C7H15NO2.ClH/c1-7(2,3)5-10-6(9)4-8;/h4-5,8H2,1-3H3;1H. The van der Waals surface area contributed by atoms with Gasteiger partial charge in [-0.3, -0.25) is 4.79 Å². The molecule has 11 heavy (non-hydrogen) atoms. The molecule has 0 aliphatic heterocycles. The molecule has 0 aromatic rings. The number of carbonyl (C=O) groups excluding carboxylic acids is 1. The first-order valence-corrected chi connectivity index (χ1v) is 3.31. The van der Waals surface area contributed by atoms with Gasteiger partial charge in [-0.2, -0.15) is 0 Å². The molecule has 0 aliphatic carbocycles. The summed E-state index contributed by atoms with van der Waals surface area (Å²) in [5, 5.41) is 0. The number of carbonyl (C=O) groups is 1. The second-order valence-electron chi connectivity index (χ2n) is 3.43. The van der Waals surface area contributed by atoms with Crippen molar-refractivity contribution in [2.45, 2.75) is 20.8 Å². The van der Waals surface area contributed by atoms with E-state index in [4.69, 9.17) is 10.5 Å². The van der Waals surface area contributed by atoms with Crippen LogP contribution in [0, 0.1) is 5.41 Å². The molecule has 0 aromatic carbocycles. The minimum absolute atomic E-state index is 0. The van der Waals surface area contributed by atoms with Crippen molar-refractivity contribution in [1.82, 2.24) is 0 Å². The zero-order valence-corrected chi connectivity index (χ0v) is 8.03. The van der Waals surface area contributed by atoms with Crippen LogP contribution in [0.15, 0.2) is 0 Å². The second kappa shape index (κ2) is 5.38. The van der Waals surface area contributed by atoms with E-state index in [2.05, 4.69) is 0 Å². The van der Waals surface area contributed by atoms with Crippen molar-refractivity contribution in [2.24, 2.45) is 11.1 Å². The zero-order valence-electron chi connectivity index (χ0n) is 7.22. The van der Waals surface area contributed by atoms with Crippen molar-refractivity contribution in [3.05, 3.63) is 0 Å². The van der Waals surface area contributed by atoms with E-state index in [1.54, 1.807) is 0 Å². The van der Waals surface area contributed by atoms with Gasteiger partial charge in [0.1, 0.15) is 0 Å². The molecule has 68 valence electrons. The quantitative estimate of drug-likeness (QED) is 0.646. The molecule has 0 aliphatic rings. The van der Waals surface area contributed by atoms with Crippen LogP contribution in [0.1, 0.15) is 20.8 Å². The molecular formula is C7H16ClNO2. The Morgan fingerprint density at radius 1 is 1.45 bits per heavy atom. The number of hydrogen-bond donors (Lipinski definition) is 1. The third-order valence-electron chi connectivity index (χ3n) is 0.833. The smallest absolute Gasteiger partial charge is 0.319 e. The molecule has 0 unspecified atom stereocenters. The van der Waals surface area contributed by atoms with Gasteiger partial charge in [-0.05, 0) is 5.41 Å². The zero-order chi connectivity index (χ0) is 8.20. The molecule has 0 atom stereocenters. The van der Waals surface area contributed by atoms with Crippen LogP contribution < -0.4 is 5.73 Å². The van der Waals surface area contributed by atoms with Gasteiger partial charge >= 0.3 is 5.97 Å². The van der Waals surface area contributed by atoms with Crippen LogP contribution in [0.3, 0.4) is 0 Å². The van der Waals surface area contributed by atoms with Crippen molar-refractivity contribution in [3.8, 4) is 0 Å². The van der Waals surface area contributed by atoms with Crippen LogP contribution in [0.2, 0.25) is 0 Å². The summed E-state index contributed by atoms with van der Waals surface area (Å²) in [6.45, 7) is 6.39. The monoisotopic (exact) mass is 181 g/mol. The Balaban J connectivity index is 0. The first kappa shape index (κ1) is 13.3. The number of hydrogen-bond acceptors (Lipinski definition) is 3. The van der Waals surface area contributed by atoms with E-state index in [0.29, 0.717) is 6.61 Å². The van der Waals surface area contributed by atoms with Gasteiger partial charge in [0.05, 0.1) is 13.2 Å². The number of rotatable bonds is 2. The average molecular weight is 182 g/mol. The van der Waals surface area contributed by atoms with Gasteiger partial charge in [0, 0.05) is 0 Å². The predicted molar refractivity (Wildman–Crippen MR) is 46.7 cm³/mol. The minimum Gasteiger partial charge on any atom is -0.464 e. The van der Waals surface area contributed by atoms with Crippen molar-refractivity contribution in [1.29, 1.82) is 0 Å². The summed E-state index contributed by atoms with van der Waals surface area (Å²) >= 11 is 0. The van der Waals surface area contributed by atoms with E-state index < -0.39 is 0 Å². The van der Waals surface area contributed by atoms with Gasteiger partial charge < -0.3 is 10.5 Å². The molecule has 0 aromatic heterocycles. The van der Waals surface area contributed by atoms with Crippen molar-refractivity contribution < 1.29 is 9.53 Å². The summed E-state index contributed by atoms with van der Waals surface area (Å²) in [4.78, 5) is 10.5. The van der Waals surface area contributed by atoms with Crippen LogP contribution in [0.25, 0.3) is 0 Å². The minimum atomic E-state index is -0.338. The van der Waals surface area contributed by atoms with Crippen molar-refractivity contribution >= 4 is 18.4 Å². The molecule has 2 N–H and O–H groups in total. The Kier molecular flexibility index (Phi) is 6.52. The normalized spacial score (nSPS) is 10.2. The lowest BCUT2D eigenvalue weighted by atomic mass is 9.99. The Hall–Kier alpha value is -0.280. The summed E-state index contributed by atoms with van der Waals surface area (Å²) < 4.78 is 4.79. The molecule has 0 spiro atoms. The molecule has 0 rings (SSSR count). The van der Waals surface area contributed by atoms with Crippen LogP contribution >= 0.6 is 12.4 Å². The molecule has 0 heterocycles. The fraction of sp³-hybridized carbons (Fsp3) is 0.857. The Bertz CT molecular complexity index is 120. The third kappa shape index (κ3) is 9.72. The van der Waals surface area contributed by atoms with E-state index in [0.717, 1.165) is 0 Å². The first-order chi connectivity index (χ1) is 4.45. The van der Waals surface area contributed by atoms with Gasteiger partial charge in [-0.25, -0.2) is 0 Å². The number of ether oxygens (including phenoxy) is 1. The highest BCUT2D eigenvalue weighted by Crippen LogP contribution is 2.12. The maximum atomic E-state index is 10.5. The largest absolute Gasteiger partial charge is 0.464 e. The fourth-order valence-corrected chi connectivity index (χ4v) is 0.356. The Labute approximate surface area is 73.7 Å². The number of nitrogens with two attached hydrogens (primary N) is 1. The van der Waals surface area contributed by atoms with E-state index >= 15 is 0 Å². The van der Waals surface area contributed by atoms with E-state index in [9.17, 15) is 4.79 Å². The molecule has 0 fully saturated rings. The number of halogens is 1. The lowest BCUT2D eigenvalue weighted by Crippen LogP contribution is -2.23. The first-order valence-electron chi connectivity index (χ1n) is 3.31. The topological polar surface area (TPSA) is 52.3 Å². The van der Waals surface area contributed by atoms with Gasteiger partial charge in [0.2, 0.25) is 0 Å². The van der Waals surface area contributed by atoms with Gasteiger partial charge in [0.15, 0.2) is 0 Å². The van der Waals surface area contributed by atoms with Gasteiger partial charge in [-0.15, -0.1) is 12.4 Å². The molecule has 0 radical (unpaired) electrons. The average Bonchev–Trinajstić information content (AvgIpc) is 1.81. The highest BCUT2D eigenvalue weighted by molar-refractivity contribution is 5.85. The Morgan fingerprint density at radius 2 is 1.91 bits per heavy atom. The maximum absolute atomic E-state index is 10.5. The van der Waals surface area contributed by atoms with Crippen LogP contribution in [0.5, 0.6) is 0 Å². The van der Waals surface area contributed by atoms with Crippen molar-refractivity contribution in [2.75, 3.05) is 13.2 Å². The lowest BCUT2D eigenvalue weighted by Gasteiger charge is -2.17. The molecule has 0 amide bonds. The SMILES string of the molecule is CC(C)(C)COC(=O)CN.Cl. The lowest BCUT2D eigenvalue weighted by molar-refractivity contribution is -0.144. The second-order valence-corrected chi connectivity index (χ2v) is 3.43. The molecule has 4 heteroatoms. The fourth-order valence-electron chi connectivity index (χ4n) is 0.356. The van der Waals surface area contributed by atoms with E-state index in [1.165, 1.54) is 0 Å². The summed E-state index contributed by atoms with van der Waals surface area (Å²) in [6, 6.07) is 0. The summed E-state index contributed by atoms with van der Waals surface area (Å²) in [5.41, 5.74) is 5.06. The summed E-state index contributed by atoms with van der Waals surface area (Å²) in [5.74, 6) is -0.338. The van der Waals surface area contributed by atoms with Crippen LogP contribution in [-0.4, -0.2) is 19.1 Å². The highest BCUT2D eigenvalue weighted by atomic mass is 35.5. The van der Waals surface area contributed by atoms with E-state index in [-0.39, 0.29) is 30.3 Å². The van der Waals surface area contributed by atoms with Gasteiger partial charge in [0.25, 0.3) is 0 Å². The summed E-state index contributed by atoms with van der Waals surface area (Å²) in [6.07, 6.45) is 0. The van der Waals surface area contributed by atoms with Crippen LogP contribution in [-0.2, 0) is 9.53 Å². The molecule has 3 nitrogen and oxygen atoms in total. The predicted octanol–water partition coefficient (Wildman–Crippen LogP) is 0.956. The van der Waals surface area contributed by atoms with E-state index in [1.807, 2.05) is 20.8 Å². The van der Waals surface area contributed by atoms with Gasteiger partial charge in [-0.1, -0.05) is 20.8 Å². The highest BCUT2D eigenvalue weighted by Gasteiger charge is 2.12. The van der Waals surface area contributed by atoms with Crippen LogP contribution in [0.4, 0.5) is 0 Å². The third-order valence-corrected chi connectivity index (χ3v) is 0.833. The molecule has 0 saturated carbocycles. The molecule has 0 saturated heterocycles. The maximum Gasteiger partial charge on any atom is 0.319 e. The van der Waals surface area contributed by atoms with Crippen molar-refractivity contribution in [3.63, 3.8) is 0 Å². The number of esters is 1. The Morgan fingerprint density at radius 3 is 2.18 bits per heavy atom. The summed E-state index contributed by atoms with van der Waals surface area (Å²) in [7, 11) is 0. The molecule has 0 bridgehead atoms.